The highest BCUT2D eigenvalue weighted by molar-refractivity contribution is 5.26. The zero-order chi connectivity index (χ0) is 14.8. The van der Waals surface area contributed by atoms with Crippen molar-refractivity contribution in [3.63, 3.8) is 0 Å². The largest absolute Gasteiger partial charge is 0.307 e. The van der Waals surface area contributed by atoms with Gasteiger partial charge in [0.2, 0.25) is 0 Å². The second-order valence-corrected chi connectivity index (χ2v) is 7.25. The molecule has 1 aliphatic carbocycles. The number of benzene rings is 1. The Kier molecular flexibility index (Phi) is 4.66. The fraction of sp³-hybridized carbons (Fsp3) is 0.684. The lowest BCUT2D eigenvalue weighted by atomic mass is 9.98. The molecule has 0 bridgehead atoms. The first kappa shape index (κ1) is 15.1. The predicted octanol–water partition coefficient (Wildman–Crippen LogP) is 4.09. The van der Waals surface area contributed by atoms with E-state index in [1.807, 2.05) is 0 Å². The van der Waals surface area contributed by atoms with Gasteiger partial charge in [0, 0.05) is 18.1 Å². The van der Waals surface area contributed by atoms with E-state index in [0.717, 1.165) is 6.04 Å². The molecule has 0 aromatic heterocycles. The lowest BCUT2D eigenvalue weighted by molar-refractivity contribution is 0.184. The average Bonchev–Trinajstić information content (AvgIpc) is 3.33. The van der Waals surface area contributed by atoms with E-state index < -0.39 is 0 Å². The average molecular weight is 286 g/mol. The first-order valence-corrected chi connectivity index (χ1v) is 8.73. The third-order valence-corrected chi connectivity index (χ3v) is 5.18. The van der Waals surface area contributed by atoms with Crippen LogP contribution in [0.15, 0.2) is 24.3 Å². The van der Waals surface area contributed by atoms with Gasteiger partial charge in [-0.3, -0.25) is 0 Å². The highest BCUT2D eigenvalue weighted by Crippen LogP contribution is 2.29. The summed E-state index contributed by atoms with van der Waals surface area (Å²) >= 11 is 0. The minimum absolute atomic E-state index is 0.462. The molecule has 2 nitrogen and oxygen atoms in total. The molecule has 1 saturated heterocycles. The maximum absolute atomic E-state index is 3.84. The normalized spacial score (nSPS) is 22.7. The van der Waals surface area contributed by atoms with Gasteiger partial charge in [-0.2, -0.15) is 0 Å². The van der Waals surface area contributed by atoms with Gasteiger partial charge in [0.15, 0.2) is 0 Å². The van der Waals surface area contributed by atoms with Crippen LogP contribution in [-0.4, -0.2) is 30.1 Å². The highest BCUT2D eigenvalue weighted by atomic mass is 15.2. The first-order valence-electron chi connectivity index (χ1n) is 8.73. The first-order chi connectivity index (χ1) is 10.1. The molecular weight excluding hydrogens is 256 g/mol. The van der Waals surface area contributed by atoms with Crippen LogP contribution in [0.5, 0.6) is 0 Å². The van der Waals surface area contributed by atoms with Crippen LogP contribution in [-0.2, 0) is 0 Å². The fourth-order valence-corrected chi connectivity index (χ4v) is 3.49. The van der Waals surface area contributed by atoms with Crippen LogP contribution >= 0.6 is 0 Å². The number of piperidine rings is 1. The topological polar surface area (TPSA) is 15.3 Å². The van der Waals surface area contributed by atoms with Gasteiger partial charge < -0.3 is 10.2 Å². The summed E-state index contributed by atoms with van der Waals surface area (Å²) in [5, 5.41) is 3.84. The lowest BCUT2D eigenvalue weighted by Crippen LogP contribution is -2.44. The molecule has 0 radical (unpaired) electrons. The van der Waals surface area contributed by atoms with E-state index in [-0.39, 0.29) is 0 Å². The number of nitrogens with one attached hydrogen (secondary N) is 1. The Balaban J connectivity index is 1.50. The molecular formula is C19H30N2. The molecule has 1 aliphatic heterocycles. The van der Waals surface area contributed by atoms with Crippen molar-refractivity contribution in [1.82, 2.24) is 10.2 Å². The van der Waals surface area contributed by atoms with Gasteiger partial charge in [-0.15, -0.1) is 0 Å². The molecule has 1 aromatic carbocycles. The molecule has 1 heterocycles. The van der Waals surface area contributed by atoms with E-state index in [1.165, 1.54) is 49.9 Å². The molecule has 0 amide bonds. The smallest absolute Gasteiger partial charge is 0.0294 e. The van der Waals surface area contributed by atoms with Crippen molar-refractivity contribution in [1.29, 1.82) is 0 Å². The van der Waals surface area contributed by atoms with Crippen LogP contribution in [0.25, 0.3) is 0 Å². The van der Waals surface area contributed by atoms with Crippen LogP contribution in [0.1, 0.15) is 69.5 Å². The highest BCUT2D eigenvalue weighted by Gasteiger charge is 2.31. The summed E-state index contributed by atoms with van der Waals surface area (Å²) < 4.78 is 0. The van der Waals surface area contributed by atoms with Gasteiger partial charge in [-0.25, -0.2) is 0 Å². The maximum Gasteiger partial charge on any atom is 0.0294 e. The predicted molar refractivity (Wildman–Crippen MR) is 89.7 cm³/mol. The van der Waals surface area contributed by atoms with Crippen LogP contribution in [0.4, 0.5) is 0 Å². The second-order valence-electron chi connectivity index (χ2n) is 7.25. The molecule has 2 fully saturated rings. The zero-order valence-electron chi connectivity index (χ0n) is 13.8. The van der Waals surface area contributed by atoms with Crippen molar-refractivity contribution in [2.45, 2.75) is 70.5 Å². The summed E-state index contributed by atoms with van der Waals surface area (Å²) in [5.41, 5.74) is 2.85. The molecule has 1 N–H and O–H groups in total. The number of nitrogens with zero attached hydrogens (tertiary/aromatic N) is 1. The van der Waals surface area contributed by atoms with Crippen LogP contribution in [0, 0.1) is 0 Å². The number of hydrogen-bond donors (Lipinski definition) is 1. The van der Waals surface area contributed by atoms with E-state index in [2.05, 4.69) is 55.3 Å². The molecule has 3 rings (SSSR count). The van der Waals surface area contributed by atoms with Crippen molar-refractivity contribution in [2.24, 2.45) is 0 Å². The van der Waals surface area contributed by atoms with Gasteiger partial charge in [0.1, 0.15) is 0 Å². The summed E-state index contributed by atoms with van der Waals surface area (Å²) in [6, 6.07) is 11.3. The molecule has 116 valence electrons. The second kappa shape index (κ2) is 6.50. The van der Waals surface area contributed by atoms with Gasteiger partial charge in [-0.1, -0.05) is 38.1 Å². The maximum atomic E-state index is 3.84. The van der Waals surface area contributed by atoms with Crippen molar-refractivity contribution >= 4 is 0 Å². The minimum atomic E-state index is 0.462. The summed E-state index contributed by atoms with van der Waals surface area (Å²) in [4.78, 5) is 2.69. The summed E-state index contributed by atoms with van der Waals surface area (Å²) in [7, 11) is 0. The van der Waals surface area contributed by atoms with Gasteiger partial charge in [0.05, 0.1) is 0 Å². The number of hydrogen-bond acceptors (Lipinski definition) is 2. The molecule has 1 aromatic rings. The zero-order valence-corrected chi connectivity index (χ0v) is 13.8. The van der Waals surface area contributed by atoms with E-state index >= 15 is 0 Å². The molecule has 21 heavy (non-hydrogen) atoms. The standard InChI is InChI=1S/C19H30N2/c1-14(2)16-4-6-17(7-5-16)15(3)20-18-10-12-21(13-11-18)19-8-9-19/h4-7,14-15,18-20H,8-13H2,1-3H3. The Labute approximate surface area is 129 Å². The van der Waals surface area contributed by atoms with Crippen molar-refractivity contribution < 1.29 is 0 Å². The molecule has 0 spiro atoms. The van der Waals surface area contributed by atoms with E-state index in [0.29, 0.717) is 18.0 Å². The minimum Gasteiger partial charge on any atom is -0.307 e. The monoisotopic (exact) mass is 286 g/mol. The molecule has 2 heteroatoms. The molecule has 1 unspecified atom stereocenters. The molecule has 1 saturated carbocycles. The lowest BCUT2D eigenvalue weighted by Gasteiger charge is -2.34. The third kappa shape index (κ3) is 3.87. The Morgan fingerprint density at radius 1 is 0.905 bits per heavy atom. The van der Waals surface area contributed by atoms with Gasteiger partial charge in [0.25, 0.3) is 0 Å². The Morgan fingerprint density at radius 2 is 1.48 bits per heavy atom. The van der Waals surface area contributed by atoms with E-state index in [4.69, 9.17) is 0 Å². The summed E-state index contributed by atoms with van der Waals surface area (Å²) in [6.45, 7) is 9.40. The van der Waals surface area contributed by atoms with E-state index in [9.17, 15) is 0 Å². The number of likely N-dealkylation sites (tertiary alicyclic amines) is 1. The Bertz CT molecular complexity index is 439. The van der Waals surface area contributed by atoms with Crippen LogP contribution < -0.4 is 5.32 Å². The quantitative estimate of drug-likeness (QED) is 0.877. The Hall–Kier alpha value is -0.860. The van der Waals surface area contributed by atoms with Gasteiger partial charge in [-0.05, 0) is 62.7 Å². The van der Waals surface area contributed by atoms with E-state index in [1.54, 1.807) is 0 Å². The van der Waals surface area contributed by atoms with Gasteiger partial charge >= 0.3 is 0 Å². The number of rotatable bonds is 5. The van der Waals surface area contributed by atoms with Crippen molar-refractivity contribution in [2.75, 3.05) is 13.1 Å². The summed E-state index contributed by atoms with van der Waals surface area (Å²) in [5.74, 6) is 0.620. The van der Waals surface area contributed by atoms with Crippen LogP contribution in [0.3, 0.4) is 0 Å². The Morgan fingerprint density at radius 3 is 2.00 bits per heavy atom. The van der Waals surface area contributed by atoms with Crippen molar-refractivity contribution in [3.05, 3.63) is 35.4 Å². The van der Waals surface area contributed by atoms with Crippen LogP contribution in [0.2, 0.25) is 0 Å². The third-order valence-electron chi connectivity index (χ3n) is 5.18. The van der Waals surface area contributed by atoms with Crippen molar-refractivity contribution in [3.8, 4) is 0 Å². The molecule has 1 atom stereocenters. The summed E-state index contributed by atoms with van der Waals surface area (Å²) in [6.07, 6.45) is 5.50. The SMILES string of the molecule is CC(C)c1ccc(C(C)NC2CCN(C3CC3)CC2)cc1. The molecule has 2 aliphatic rings. The fourth-order valence-electron chi connectivity index (χ4n) is 3.49.